The fourth-order valence-electron chi connectivity index (χ4n) is 2.31. The average Bonchev–Trinajstić information content (AvgIpc) is 2.37. The first-order valence-corrected chi connectivity index (χ1v) is 7.16. The number of carbonyl (C=O) groups is 1. The minimum absolute atomic E-state index is 0.264. The van der Waals surface area contributed by atoms with E-state index >= 15 is 0 Å². The quantitative estimate of drug-likeness (QED) is 0.863. The molecule has 0 spiro atoms. The minimum Gasteiger partial charge on any atom is -0.444 e. The molecule has 0 atom stereocenters. The molecule has 1 aliphatic heterocycles. The number of pyridine rings is 1. The highest BCUT2D eigenvalue weighted by Crippen LogP contribution is 2.25. The summed E-state index contributed by atoms with van der Waals surface area (Å²) in [5, 5.41) is 0. The van der Waals surface area contributed by atoms with Crippen molar-refractivity contribution in [1.29, 1.82) is 0 Å². The van der Waals surface area contributed by atoms with Gasteiger partial charge in [0.1, 0.15) is 5.60 Å². The van der Waals surface area contributed by atoms with Gasteiger partial charge in [0, 0.05) is 13.1 Å². The number of aromatic nitrogens is 1. The molecule has 2 heterocycles. The number of hydrogen-bond acceptors (Lipinski definition) is 4. The third-order valence-corrected chi connectivity index (χ3v) is 3.26. The molecule has 0 radical (unpaired) electrons. The van der Waals surface area contributed by atoms with E-state index in [1.165, 1.54) is 0 Å². The van der Waals surface area contributed by atoms with Crippen LogP contribution in [-0.4, -0.2) is 34.7 Å². The van der Waals surface area contributed by atoms with Crippen molar-refractivity contribution >= 4 is 17.4 Å². The van der Waals surface area contributed by atoms with Gasteiger partial charge in [0.25, 0.3) is 0 Å². The molecule has 5 heteroatoms. The SMILES string of the molecule is Cc1cc(N)cnc1C1=CCN(C(=O)OC(C)(C)C)CC1. The van der Waals surface area contributed by atoms with Crippen molar-refractivity contribution in [1.82, 2.24) is 9.88 Å². The molecule has 2 rings (SSSR count). The molecule has 0 aromatic carbocycles. The van der Waals surface area contributed by atoms with Crippen molar-refractivity contribution in [2.24, 2.45) is 0 Å². The van der Waals surface area contributed by atoms with Gasteiger partial charge in [-0.2, -0.15) is 0 Å². The van der Waals surface area contributed by atoms with Crippen molar-refractivity contribution in [2.75, 3.05) is 18.8 Å². The van der Waals surface area contributed by atoms with Crippen molar-refractivity contribution in [3.63, 3.8) is 0 Å². The van der Waals surface area contributed by atoms with Gasteiger partial charge in [0.05, 0.1) is 17.6 Å². The lowest BCUT2D eigenvalue weighted by molar-refractivity contribution is 0.0270. The molecule has 0 bridgehead atoms. The second-order valence-electron chi connectivity index (χ2n) is 6.34. The first kappa shape index (κ1) is 15.4. The van der Waals surface area contributed by atoms with Crippen LogP contribution in [0.2, 0.25) is 0 Å². The van der Waals surface area contributed by atoms with Gasteiger partial charge in [-0.15, -0.1) is 0 Å². The molecular formula is C16H23N3O2. The first-order chi connectivity index (χ1) is 9.76. The van der Waals surface area contributed by atoms with Crippen LogP contribution >= 0.6 is 0 Å². The average molecular weight is 289 g/mol. The Balaban J connectivity index is 2.07. The largest absolute Gasteiger partial charge is 0.444 e. The van der Waals surface area contributed by atoms with Gasteiger partial charge in [0.2, 0.25) is 0 Å². The molecule has 0 aliphatic carbocycles. The van der Waals surface area contributed by atoms with Crippen LogP contribution in [0.3, 0.4) is 0 Å². The van der Waals surface area contributed by atoms with Crippen LogP contribution in [0.5, 0.6) is 0 Å². The summed E-state index contributed by atoms with van der Waals surface area (Å²) in [6.45, 7) is 8.81. The van der Waals surface area contributed by atoms with E-state index in [4.69, 9.17) is 10.5 Å². The molecule has 1 aliphatic rings. The number of nitrogen functional groups attached to an aromatic ring is 1. The third-order valence-electron chi connectivity index (χ3n) is 3.26. The van der Waals surface area contributed by atoms with Crippen LogP contribution in [0.15, 0.2) is 18.3 Å². The van der Waals surface area contributed by atoms with E-state index in [2.05, 4.69) is 4.98 Å². The summed E-state index contributed by atoms with van der Waals surface area (Å²) in [5.74, 6) is 0. The Labute approximate surface area is 125 Å². The number of nitrogens with zero attached hydrogens (tertiary/aromatic N) is 2. The number of ether oxygens (including phenoxy) is 1. The Morgan fingerprint density at radius 3 is 2.67 bits per heavy atom. The second kappa shape index (κ2) is 5.76. The van der Waals surface area contributed by atoms with Crippen molar-refractivity contribution in [2.45, 2.75) is 39.7 Å². The number of amides is 1. The topological polar surface area (TPSA) is 68.5 Å². The maximum absolute atomic E-state index is 12.0. The van der Waals surface area contributed by atoms with Crippen molar-refractivity contribution in [3.8, 4) is 0 Å². The maximum Gasteiger partial charge on any atom is 0.410 e. The molecule has 0 unspecified atom stereocenters. The summed E-state index contributed by atoms with van der Waals surface area (Å²) < 4.78 is 5.38. The zero-order valence-corrected chi connectivity index (χ0v) is 13.1. The molecule has 1 aromatic heterocycles. The van der Waals surface area contributed by atoms with E-state index in [0.717, 1.165) is 23.3 Å². The van der Waals surface area contributed by atoms with Gasteiger partial charge in [-0.1, -0.05) is 6.08 Å². The zero-order valence-electron chi connectivity index (χ0n) is 13.1. The molecule has 0 fully saturated rings. The summed E-state index contributed by atoms with van der Waals surface area (Å²) >= 11 is 0. The summed E-state index contributed by atoms with van der Waals surface area (Å²) in [4.78, 5) is 18.1. The van der Waals surface area contributed by atoms with Crippen molar-refractivity contribution < 1.29 is 9.53 Å². The molecule has 0 saturated carbocycles. The Morgan fingerprint density at radius 2 is 2.14 bits per heavy atom. The van der Waals surface area contributed by atoms with Crippen LogP contribution in [0.4, 0.5) is 10.5 Å². The smallest absolute Gasteiger partial charge is 0.410 e. The number of hydrogen-bond donors (Lipinski definition) is 1. The van der Waals surface area contributed by atoms with Gasteiger partial charge in [0.15, 0.2) is 0 Å². The molecule has 114 valence electrons. The minimum atomic E-state index is -0.462. The Kier molecular flexibility index (Phi) is 4.21. The van der Waals surface area contributed by atoms with Crippen LogP contribution < -0.4 is 5.73 Å². The number of aryl methyl sites for hydroxylation is 1. The summed E-state index contributed by atoms with van der Waals surface area (Å²) in [6.07, 6.45) is 4.22. The fourth-order valence-corrected chi connectivity index (χ4v) is 2.31. The lowest BCUT2D eigenvalue weighted by Gasteiger charge is -2.29. The van der Waals surface area contributed by atoms with E-state index < -0.39 is 5.60 Å². The van der Waals surface area contributed by atoms with E-state index in [9.17, 15) is 4.79 Å². The highest BCUT2D eigenvalue weighted by molar-refractivity contribution is 5.72. The molecule has 21 heavy (non-hydrogen) atoms. The van der Waals surface area contributed by atoms with E-state index in [1.54, 1.807) is 11.1 Å². The highest BCUT2D eigenvalue weighted by Gasteiger charge is 2.24. The predicted octanol–water partition coefficient (Wildman–Crippen LogP) is 3.00. The van der Waals surface area contributed by atoms with Crippen molar-refractivity contribution in [3.05, 3.63) is 29.6 Å². The van der Waals surface area contributed by atoms with Crippen LogP contribution in [0.1, 0.15) is 38.4 Å². The highest BCUT2D eigenvalue weighted by atomic mass is 16.6. The number of nitrogens with two attached hydrogens (primary N) is 1. The van der Waals surface area contributed by atoms with Gasteiger partial charge in [-0.3, -0.25) is 4.98 Å². The van der Waals surface area contributed by atoms with E-state index in [-0.39, 0.29) is 6.09 Å². The van der Waals surface area contributed by atoms with Gasteiger partial charge in [-0.05, 0) is 51.3 Å². The number of anilines is 1. The van der Waals surface area contributed by atoms with Gasteiger partial charge in [-0.25, -0.2) is 4.79 Å². The monoisotopic (exact) mass is 289 g/mol. The predicted molar refractivity (Wildman–Crippen MR) is 83.8 cm³/mol. The maximum atomic E-state index is 12.0. The fraction of sp³-hybridized carbons (Fsp3) is 0.500. The normalized spacial score (nSPS) is 15.6. The van der Waals surface area contributed by atoms with E-state index in [0.29, 0.717) is 18.8 Å². The number of carbonyl (C=O) groups excluding carboxylic acids is 1. The standard InChI is InChI=1S/C16H23N3O2/c1-11-9-13(17)10-18-14(11)12-5-7-19(8-6-12)15(20)21-16(2,3)4/h5,9-10H,6-8,17H2,1-4H3. The molecular weight excluding hydrogens is 266 g/mol. The van der Waals surface area contributed by atoms with E-state index in [1.807, 2.05) is 39.8 Å². The zero-order chi connectivity index (χ0) is 15.6. The molecule has 1 amide bonds. The van der Waals surface area contributed by atoms with Gasteiger partial charge >= 0.3 is 6.09 Å². The Bertz CT molecular complexity index is 573. The lowest BCUT2D eigenvalue weighted by Crippen LogP contribution is -2.39. The molecule has 1 aromatic rings. The number of rotatable bonds is 1. The lowest BCUT2D eigenvalue weighted by atomic mass is 10.0. The molecule has 2 N–H and O–H groups in total. The molecule has 5 nitrogen and oxygen atoms in total. The van der Waals surface area contributed by atoms with Crippen LogP contribution in [0, 0.1) is 6.92 Å². The Morgan fingerprint density at radius 1 is 1.43 bits per heavy atom. The first-order valence-electron chi connectivity index (χ1n) is 7.16. The van der Waals surface area contributed by atoms with Crippen LogP contribution in [0.25, 0.3) is 5.57 Å². The summed E-state index contributed by atoms with van der Waals surface area (Å²) in [7, 11) is 0. The van der Waals surface area contributed by atoms with Crippen LogP contribution in [-0.2, 0) is 4.74 Å². The second-order valence-corrected chi connectivity index (χ2v) is 6.34. The third kappa shape index (κ3) is 3.97. The Hall–Kier alpha value is -2.04. The summed E-state index contributed by atoms with van der Waals surface area (Å²) in [6, 6.07) is 1.92. The summed E-state index contributed by atoms with van der Waals surface area (Å²) in [5.41, 5.74) is 9.12. The molecule has 0 saturated heterocycles. The van der Waals surface area contributed by atoms with Gasteiger partial charge < -0.3 is 15.4 Å².